The number of ether oxygens (including phenoxy) is 1. The second kappa shape index (κ2) is 8.69. The summed E-state index contributed by atoms with van der Waals surface area (Å²) >= 11 is 0. The van der Waals surface area contributed by atoms with Gasteiger partial charge in [0.15, 0.2) is 0 Å². The molecule has 0 radical (unpaired) electrons. The summed E-state index contributed by atoms with van der Waals surface area (Å²) < 4.78 is 18.7. The molecule has 0 saturated carbocycles. The van der Waals surface area contributed by atoms with Crippen molar-refractivity contribution in [1.29, 1.82) is 0 Å². The first-order chi connectivity index (χ1) is 14.6. The maximum absolute atomic E-state index is 13.1. The van der Waals surface area contributed by atoms with Gasteiger partial charge in [-0.05, 0) is 60.5 Å². The fourth-order valence-corrected chi connectivity index (χ4v) is 3.27. The smallest absolute Gasteiger partial charge is 0.127 e. The summed E-state index contributed by atoms with van der Waals surface area (Å²) in [7, 11) is 1.65. The number of aromatic nitrogens is 3. The van der Waals surface area contributed by atoms with Gasteiger partial charge in [0.2, 0.25) is 0 Å². The Labute approximate surface area is 174 Å². The molecule has 1 atom stereocenters. The van der Waals surface area contributed by atoms with Crippen LogP contribution in [0.25, 0.3) is 22.3 Å². The fourth-order valence-electron chi connectivity index (χ4n) is 3.27. The minimum Gasteiger partial charge on any atom is -0.496 e. The maximum Gasteiger partial charge on any atom is 0.127 e. The Morgan fingerprint density at radius 2 is 1.67 bits per heavy atom. The highest BCUT2D eigenvalue weighted by Gasteiger charge is 2.10. The lowest BCUT2D eigenvalue weighted by Crippen LogP contribution is -2.07. The zero-order valence-corrected chi connectivity index (χ0v) is 16.7. The van der Waals surface area contributed by atoms with Crippen LogP contribution in [0.4, 0.5) is 10.2 Å². The SMILES string of the molecule is COc1cc(-c2ccc(N[C@@H](C)c3ccc(F)cc3)nc2)ccc1-c1ccnnc1. The number of halogens is 1. The fraction of sp³-hybridized carbons (Fsp3) is 0.125. The van der Waals surface area contributed by atoms with Crippen molar-refractivity contribution in [2.75, 3.05) is 12.4 Å². The van der Waals surface area contributed by atoms with Crippen molar-refractivity contribution >= 4 is 5.82 Å². The molecule has 0 unspecified atom stereocenters. The molecule has 6 heteroatoms. The van der Waals surface area contributed by atoms with Crippen molar-refractivity contribution in [3.05, 3.63) is 90.6 Å². The predicted molar refractivity (Wildman–Crippen MR) is 116 cm³/mol. The second-order valence-corrected chi connectivity index (χ2v) is 6.90. The molecule has 2 aromatic carbocycles. The van der Waals surface area contributed by atoms with Gasteiger partial charge in [-0.2, -0.15) is 10.2 Å². The van der Waals surface area contributed by atoms with Gasteiger partial charge in [-0.15, -0.1) is 0 Å². The topological polar surface area (TPSA) is 59.9 Å². The van der Waals surface area contributed by atoms with E-state index in [2.05, 4.69) is 20.5 Å². The summed E-state index contributed by atoms with van der Waals surface area (Å²) in [5, 5.41) is 11.1. The number of hydrogen-bond acceptors (Lipinski definition) is 5. The molecular weight excluding hydrogens is 379 g/mol. The third-order valence-corrected chi connectivity index (χ3v) is 4.93. The Balaban J connectivity index is 1.53. The van der Waals surface area contributed by atoms with Crippen LogP contribution in [0.2, 0.25) is 0 Å². The van der Waals surface area contributed by atoms with E-state index in [0.29, 0.717) is 0 Å². The van der Waals surface area contributed by atoms with Gasteiger partial charge in [0.1, 0.15) is 17.4 Å². The molecule has 2 heterocycles. The average Bonchev–Trinajstić information content (AvgIpc) is 2.80. The van der Waals surface area contributed by atoms with E-state index in [1.54, 1.807) is 31.6 Å². The highest BCUT2D eigenvalue weighted by molar-refractivity contribution is 5.75. The quantitative estimate of drug-likeness (QED) is 0.461. The normalized spacial score (nSPS) is 11.7. The zero-order chi connectivity index (χ0) is 20.9. The number of benzene rings is 2. The summed E-state index contributed by atoms with van der Waals surface area (Å²) in [4.78, 5) is 4.53. The van der Waals surface area contributed by atoms with Crippen molar-refractivity contribution in [2.24, 2.45) is 0 Å². The van der Waals surface area contributed by atoms with E-state index in [1.165, 1.54) is 12.1 Å². The summed E-state index contributed by atoms with van der Waals surface area (Å²) in [6.45, 7) is 2.01. The molecule has 1 N–H and O–H groups in total. The summed E-state index contributed by atoms with van der Waals surface area (Å²) in [6.07, 6.45) is 5.19. The van der Waals surface area contributed by atoms with Gasteiger partial charge in [-0.3, -0.25) is 0 Å². The highest BCUT2D eigenvalue weighted by atomic mass is 19.1. The lowest BCUT2D eigenvalue weighted by molar-refractivity contribution is 0.416. The lowest BCUT2D eigenvalue weighted by Gasteiger charge is -2.15. The van der Waals surface area contributed by atoms with Gasteiger partial charge in [0.05, 0.1) is 19.5 Å². The molecule has 5 nitrogen and oxygen atoms in total. The minimum atomic E-state index is -0.241. The molecule has 4 rings (SSSR count). The van der Waals surface area contributed by atoms with Crippen LogP contribution in [0.5, 0.6) is 5.75 Å². The van der Waals surface area contributed by atoms with Crippen LogP contribution in [0.15, 0.2) is 79.3 Å². The summed E-state index contributed by atoms with van der Waals surface area (Å²) in [5.74, 6) is 1.27. The van der Waals surface area contributed by atoms with E-state index in [0.717, 1.165) is 39.4 Å². The van der Waals surface area contributed by atoms with Crippen molar-refractivity contribution in [3.8, 4) is 28.0 Å². The van der Waals surface area contributed by atoms with Gasteiger partial charge in [0.25, 0.3) is 0 Å². The number of rotatable bonds is 6. The van der Waals surface area contributed by atoms with Crippen molar-refractivity contribution in [3.63, 3.8) is 0 Å². The van der Waals surface area contributed by atoms with Gasteiger partial charge in [-0.1, -0.05) is 18.2 Å². The first-order valence-corrected chi connectivity index (χ1v) is 9.57. The van der Waals surface area contributed by atoms with Crippen LogP contribution in [-0.4, -0.2) is 22.3 Å². The minimum absolute atomic E-state index is 0.0114. The molecule has 2 aromatic heterocycles. The molecule has 0 aliphatic rings. The molecule has 0 bridgehead atoms. The Morgan fingerprint density at radius 3 is 2.33 bits per heavy atom. The Bertz CT molecular complexity index is 1120. The Hall–Kier alpha value is -3.80. The third kappa shape index (κ3) is 4.27. The summed E-state index contributed by atoms with van der Waals surface area (Å²) in [6, 6.07) is 18.3. The van der Waals surface area contributed by atoms with E-state index in [9.17, 15) is 4.39 Å². The van der Waals surface area contributed by atoms with Crippen molar-refractivity contribution < 1.29 is 9.13 Å². The number of nitrogens with one attached hydrogen (secondary N) is 1. The van der Waals surface area contributed by atoms with E-state index < -0.39 is 0 Å². The van der Waals surface area contributed by atoms with Crippen LogP contribution < -0.4 is 10.1 Å². The second-order valence-electron chi connectivity index (χ2n) is 6.90. The number of methoxy groups -OCH3 is 1. The van der Waals surface area contributed by atoms with Crippen LogP contribution >= 0.6 is 0 Å². The number of hydrogen-bond donors (Lipinski definition) is 1. The number of anilines is 1. The molecule has 0 spiro atoms. The van der Waals surface area contributed by atoms with Gasteiger partial charge in [-0.25, -0.2) is 9.37 Å². The lowest BCUT2D eigenvalue weighted by atomic mass is 10.0. The molecule has 0 fully saturated rings. The molecule has 4 aromatic rings. The molecule has 0 amide bonds. The predicted octanol–water partition coefficient (Wildman–Crippen LogP) is 5.53. The van der Waals surface area contributed by atoms with E-state index in [4.69, 9.17) is 4.74 Å². The molecule has 0 saturated heterocycles. The third-order valence-electron chi connectivity index (χ3n) is 4.93. The van der Waals surface area contributed by atoms with Gasteiger partial charge >= 0.3 is 0 Å². The Morgan fingerprint density at radius 1 is 0.867 bits per heavy atom. The van der Waals surface area contributed by atoms with Crippen LogP contribution in [0.1, 0.15) is 18.5 Å². The van der Waals surface area contributed by atoms with Gasteiger partial charge < -0.3 is 10.1 Å². The molecular formula is C24H21FN4O. The average molecular weight is 400 g/mol. The van der Waals surface area contributed by atoms with Crippen LogP contribution in [0.3, 0.4) is 0 Å². The molecule has 150 valence electrons. The standard InChI is InChI=1S/C24H21FN4O/c1-16(17-3-7-21(25)8-4-17)29-24-10-6-19(14-26-24)18-5-9-22(23(13-18)30-2)20-11-12-27-28-15-20/h3-16H,1-2H3,(H,26,29)/t16-/m0/s1. The van der Waals surface area contributed by atoms with Gasteiger partial charge in [0, 0.05) is 28.9 Å². The van der Waals surface area contributed by atoms with E-state index in [1.807, 2.05) is 49.5 Å². The number of nitrogens with zero attached hydrogens (tertiary/aromatic N) is 3. The first-order valence-electron chi connectivity index (χ1n) is 9.57. The number of pyridine rings is 1. The highest BCUT2D eigenvalue weighted by Crippen LogP contribution is 2.33. The zero-order valence-electron chi connectivity index (χ0n) is 16.7. The molecule has 0 aliphatic heterocycles. The van der Waals surface area contributed by atoms with Crippen molar-refractivity contribution in [2.45, 2.75) is 13.0 Å². The largest absolute Gasteiger partial charge is 0.496 e. The van der Waals surface area contributed by atoms with Crippen LogP contribution in [-0.2, 0) is 0 Å². The first kappa shape index (κ1) is 19.5. The van der Waals surface area contributed by atoms with E-state index >= 15 is 0 Å². The molecule has 30 heavy (non-hydrogen) atoms. The van der Waals surface area contributed by atoms with Crippen molar-refractivity contribution in [1.82, 2.24) is 15.2 Å². The maximum atomic E-state index is 13.1. The molecule has 0 aliphatic carbocycles. The van der Waals surface area contributed by atoms with Crippen LogP contribution in [0, 0.1) is 5.82 Å². The van der Waals surface area contributed by atoms with E-state index in [-0.39, 0.29) is 11.9 Å². The summed E-state index contributed by atoms with van der Waals surface area (Å²) in [5.41, 5.74) is 4.88. The Kier molecular flexibility index (Phi) is 5.66. The monoisotopic (exact) mass is 400 g/mol.